The lowest BCUT2D eigenvalue weighted by Crippen LogP contribution is -1.97. The van der Waals surface area contributed by atoms with Gasteiger partial charge in [0.15, 0.2) is 0 Å². The summed E-state index contributed by atoms with van der Waals surface area (Å²) in [6.45, 7) is 0.411. The third kappa shape index (κ3) is 3.82. The minimum atomic E-state index is 0.411. The molecule has 2 nitrogen and oxygen atoms in total. The van der Waals surface area contributed by atoms with E-state index >= 15 is 0 Å². The largest absolute Gasteiger partial charge is 0.487 e. The zero-order chi connectivity index (χ0) is 13.8. The van der Waals surface area contributed by atoms with Crippen LogP contribution in [0.15, 0.2) is 49.8 Å². The summed E-state index contributed by atoms with van der Waals surface area (Å²) in [4.78, 5) is 0. The first-order chi connectivity index (χ1) is 9.10. The van der Waals surface area contributed by atoms with Crippen LogP contribution in [0.1, 0.15) is 11.1 Å². The number of hydrogen-bond donors (Lipinski definition) is 0. The molecule has 0 atom stereocenters. The third-order valence-electron chi connectivity index (χ3n) is 2.40. The van der Waals surface area contributed by atoms with Crippen molar-refractivity contribution in [3.05, 3.63) is 60.9 Å². The third-order valence-corrected chi connectivity index (χ3v) is 4.04. The monoisotopic (exact) mass is 443 g/mol. The van der Waals surface area contributed by atoms with E-state index in [1.807, 2.05) is 30.3 Å². The van der Waals surface area contributed by atoms with Crippen molar-refractivity contribution in [3.63, 3.8) is 0 Å². The first kappa shape index (κ1) is 14.6. The van der Waals surface area contributed by atoms with Gasteiger partial charge in [-0.3, -0.25) is 0 Å². The fourth-order valence-electron chi connectivity index (χ4n) is 1.55. The SMILES string of the molecule is N#Cc1cccc(COc2c(Br)cc(Br)cc2Br)c1. The Kier molecular flexibility index (Phi) is 5.03. The summed E-state index contributed by atoms with van der Waals surface area (Å²) < 4.78 is 8.48. The first-order valence-corrected chi connectivity index (χ1v) is 7.74. The summed E-state index contributed by atoms with van der Waals surface area (Å²) in [5, 5.41) is 8.86. The predicted octanol–water partition coefficient (Wildman–Crippen LogP) is 5.42. The Labute approximate surface area is 136 Å². The van der Waals surface area contributed by atoms with Gasteiger partial charge < -0.3 is 4.74 Å². The molecule has 0 spiro atoms. The van der Waals surface area contributed by atoms with E-state index in [0.29, 0.717) is 12.2 Å². The molecular formula is C14H8Br3NO. The van der Waals surface area contributed by atoms with E-state index < -0.39 is 0 Å². The molecule has 2 aromatic carbocycles. The van der Waals surface area contributed by atoms with Crippen LogP contribution in [0.25, 0.3) is 0 Å². The fourth-order valence-corrected chi connectivity index (χ4v) is 4.04. The van der Waals surface area contributed by atoms with Crippen LogP contribution in [0.5, 0.6) is 5.75 Å². The number of rotatable bonds is 3. The first-order valence-electron chi connectivity index (χ1n) is 5.36. The second kappa shape index (κ2) is 6.56. The van der Waals surface area contributed by atoms with E-state index in [4.69, 9.17) is 10.00 Å². The Balaban J connectivity index is 2.17. The Morgan fingerprint density at radius 1 is 1.05 bits per heavy atom. The molecule has 0 saturated carbocycles. The lowest BCUT2D eigenvalue weighted by Gasteiger charge is -2.11. The highest BCUT2D eigenvalue weighted by Gasteiger charge is 2.08. The molecule has 0 N–H and O–H groups in total. The van der Waals surface area contributed by atoms with Crippen molar-refractivity contribution in [2.75, 3.05) is 0 Å². The van der Waals surface area contributed by atoms with Crippen LogP contribution >= 0.6 is 47.8 Å². The standard InChI is InChI=1S/C14H8Br3NO/c15-11-5-12(16)14(13(17)6-11)19-8-10-3-1-2-9(4-10)7-18/h1-6H,8H2. The van der Waals surface area contributed by atoms with Crippen LogP contribution in [-0.4, -0.2) is 0 Å². The van der Waals surface area contributed by atoms with Crippen molar-refractivity contribution in [1.29, 1.82) is 5.26 Å². The van der Waals surface area contributed by atoms with E-state index in [2.05, 4.69) is 53.9 Å². The van der Waals surface area contributed by atoms with Gasteiger partial charge in [0.2, 0.25) is 0 Å². The van der Waals surface area contributed by atoms with Crippen LogP contribution in [0, 0.1) is 11.3 Å². The lowest BCUT2D eigenvalue weighted by molar-refractivity contribution is 0.302. The number of nitriles is 1. The maximum absolute atomic E-state index is 8.86. The lowest BCUT2D eigenvalue weighted by atomic mass is 10.1. The summed E-state index contributed by atoms with van der Waals surface area (Å²) in [6, 6.07) is 13.3. The van der Waals surface area contributed by atoms with Gasteiger partial charge in [0, 0.05) is 4.47 Å². The van der Waals surface area contributed by atoms with Crippen LogP contribution in [0.2, 0.25) is 0 Å². The Morgan fingerprint density at radius 3 is 2.37 bits per heavy atom. The molecular weight excluding hydrogens is 438 g/mol. The Bertz CT molecular complexity index is 626. The summed E-state index contributed by atoms with van der Waals surface area (Å²) >= 11 is 10.3. The average Bonchev–Trinajstić information content (AvgIpc) is 2.37. The molecule has 2 rings (SSSR count). The summed E-state index contributed by atoms with van der Waals surface area (Å²) in [5.74, 6) is 0.741. The Hall–Kier alpha value is -0.830. The molecule has 0 radical (unpaired) electrons. The van der Waals surface area contributed by atoms with Crippen molar-refractivity contribution in [2.24, 2.45) is 0 Å². The highest BCUT2D eigenvalue weighted by Crippen LogP contribution is 2.36. The molecule has 0 unspecified atom stereocenters. The topological polar surface area (TPSA) is 33.0 Å². The van der Waals surface area contributed by atoms with Crippen molar-refractivity contribution in [2.45, 2.75) is 6.61 Å². The molecule has 0 aromatic heterocycles. The van der Waals surface area contributed by atoms with Crippen molar-refractivity contribution >= 4 is 47.8 Å². The van der Waals surface area contributed by atoms with Crippen molar-refractivity contribution in [1.82, 2.24) is 0 Å². The smallest absolute Gasteiger partial charge is 0.148 e. The molecule has 0 amide bonds. The van der Waals surface area contributed by atoms with Gasteiger partial charge in [0.1, 0.15) is 12.4 Å². The molecule has 0 heterocycles. The molecule has 96 valence electrons. The fraction of sp³-hybridized carbons (Fsp3) is 0.0714. The minimum Gasteiger partial charge on any atom is -0.487 e. The van der Waals surface area contributed by atoms with Crippen molar-refractivity contribution < 1.29 is 4.74 Å². The maximum atomic E-state index is 8.86. The summed E-state index contributed by atoms with van der Waals surface area (Å²) in [5.41, 5.74) is 1.59. The van der Waals surface area contributed by atoms with Crippen LogP contribution < -0.4 is 4.74 Å². The van der Waals surface area contributed by atoms with Gasteiger partial charge in [-0.05, 0) is 61.7 Å². The van der Waals surface area contributed by atoms with E-state index in [1.54, 1.807) is 6.07 Å². The number of hydrogen-bond acceptors (Lipinski definition) is 2. The van der Waals surface area contributed by atoms with E-state index in [0.717, 1.165) is 24.7 Å². The molecule has 5 heteroatoms. The highest BCUT2D eigenvalue weighted by molar-refractivity contribution is 9.11. The Morgan fingerprint density at radius 2 is 1.74 bits per heavy atom. The normalized spacial score (nSPS) is 10.0. The second-order valence-corrected chi connectivity index (χ2v) is 6.42. The zero-order valence-electron chi connectivity index (χ0n) is 9.66. The number of ether oxygens (including phenoxy) is 1. The van der Waals surface area contributed by atoms with Crippen LogP contribution in [0.4, 0.5) is 0 Å². The predicted molar refractivity (Wildman–Crippen MR) is 85.0 cm³/mol. The van der Waals surface area contributed by atoms with E-state index in [9.17, 15) is 0 Å². The average molecular weight is 446 g/mol. The molecule has 0 aliphatic rings. The van der Waals surface area contributed by atoms with Gasteiger partial charge in [0.05, 0.1) is 20.6 Å². The van der Waals surface area contributed by atoms with Gasteiger partial charge in [-0.1, -0.05) is 28.1 Å². The summed E-state index contributed by atoms with van der Waals surface area (Å²) in [7, 11) is 0. The van der Waals surface area contributed by atoms with Gasteiger partial charge in [-0.15, -0.1) is 0 Å². The molecule has 19 heavy (non-hydrogen) atoms. The second-order valence-electron chi connectivity index (χ2n) is 3.80. The van der Waals surface area contributed by atoms with Gasteiger partial charge in [0.25, 0.3) is 0 Å². The van der Waals surface area contributed by atoms with Gasteiger partial charge in [-0.25, -0.2) is 0 Å². The van der Waals surface area contributed by atoms with Gasteiger partial charge in [-0.2, -0.15) is 5.26 Å². The van der Waals surface area contributed by atoms with Crippen molar-refractivity contribution in [3.8, 4) is 11.8 Å². The van der Waals surface area contributed by atoms with Crippen LogP contribution in [0.3, 0.4) is 0 Å². The number of halogens is 3. The molecule has 0 aliphatic carbocycles. The molecule has 0 saturated heterocycles. The number of benzene rings is 2. The quantitative estimate of drug-likeness (QED) is 0.631. The molecule has 0 bridgehead atoms. The maximum Gasteiger partial charge on any atom is 0.148 e. The molecule has 2 aromatic rings. The molecule has 0 aliphatic heterocycles. The zero-order valence-corrected chi connectivity index (χ0v) is 14.4. The van der Waals surface area contributed by atoms with E-state index in [1.165, 1.54) is 0 Å². The highest BCUT2D eigenvalue weighted by atomic mass is 79.9. The number of nitrogens with zero attached hydrogens (tertiary/aromatic N) is 1. The van der Waals surface area contributed by atoms with Crippen LogP contribution in [-0.2, 0) is 6.61 Å². The summed E-state index contributed by atoms with van der Waals surface area (Å²) in [6.07, 6.45) is 0. The van der Waals surface area contributed by atoms with Gasteiger partial charge >= 0.3 is 0 Å². The minimum absolute atomic E-state index is 0.411. The molecule has 0 fully saturated rings. The van der Waals surface area contributed by atoms with E-state index in [-0.39, 0.29) is 0 Å².